The SMILES string of the molecule is CC[C@H](NC(=O)c1cccc(N2CCCC2=O)c1)c1ccc(OC)c(C)c1. The van der Waals surface area contributed by atoms with E-state index in [4.69, 9.17) is 4.74 Å². The lowest BCUT2D eigenvalue weighted by molar-refractivity contribution is -0.117. The van der Waals surface area contributed by atoms with Crippen molar-refractivity contribution in [3.63, 3.8) is 0 Å². The first-order chi connectivity index (χ1) is 13.0. The van der Waals surface area contributed by atoms with Crippen LogP contribution in [0.2, 0.25) is 0 Å². The van der Waals surface area contributed by atoms with E-state index in [9.17, 15) is 9.59 Å². The largest absolute Gasteiger partial charge is 0.496 e. The number of carbonyl (C=O) groups excluding carboxylic acids is 2. The first-order valence-corrected chi connectivity index (χ1v) is 9.39. The maximum Gasteiger partial charge on any atom is 0.251 e. The van der Waals surface area contributed by atoms with Crippen molar-refractivity contribution in [2.75, 3.05) is 18.6 Å². The summed E-state index contributed by atoms with van der Waals surface area (Å²) in [5.41, 5.74) is 3.45. The van der Waals surface area contributed by atoms with Crippen LogP contribution < -0.4 is 15.0 Å². The summed E-state index contributed by atoms with van der Waals surface area (Å²) >= 11 is 0. The molecule has 0 unspecified atom stereocenters. The molecule has 27 heavy (non-hydrogen) atoms. The molecule has 3 rings (SSSR count). The Morgan fingerprint density at radius 1 is 1.26 bits per heavy atom. The predicted molar refractivity (Wildman–Crippen MR) is 106 cm³/mol. The van der Waals surface area contributed by atoms with Crippen molar-refractivity contribution in [1.29, 1.82) is 0 Å². The number of ether oxygens (including phenoxy) is 1. The summed E-state index contributed by atoms with van der Waals surface area (Å²) in [5.74, 6) is 0.819. The van der Waals surface area contributed by atoms with Gasteiger partial charge in [-0.1, -0.05) is 25.1 Å². The van der Waals surface area contributed by atoms with Crippen molar-refractivity contribution >= 4 is 17.5 Å². The molecule has 0 radical (unpaired) electrons. The number of benzene rings is 2. The van der Waals surface area contributed by atoms with Crippen molar-refractivity contribution in [2.45, 2.75) is 39.2 Å². The fraction of sp³-hybridized carbons (Fsp3) is 0.364. The van der Waals surface area contributed by atoms with Crippen molar-refractivity contribution < 1.29 is 14.3 Å². The minimum Gasteiger partial charge on any atom is -0.496 e. The first-order valence-electron chi connectivity index (χ1n) is 9.39. The summed E-state index contributed by atoms with van der Waals surface area (Å²) in [4.78, 5) is 26.5. The molecule has 1 heterocycles. The second kappa shape index (κ2) is 8.25. The summed E-state index contributed by atoms with van der Waals surface area (Å²) in [6, 6.07) is 13.2. The highest BCUT2D eigenvalue weighted by Gasteiger charge is 2.22. The summed E-state index contributed by atoms with van der Waals surface area (Å²) in [6.07, 6.45) is 2.22. The van der Waals surface area contributed by atoms with E-state index in [-0.39, 0.29) is 17.9 Å². The van der Waals surface area contributed by atoms with E-state index in [1.807, 2.05) is 44.2 Å². The molecule has 1 N–H and O–H groups in total. The fourth-order valence-electron chi connectivity index (χ4n) is 3.52. The number of rotatable bonds is 6. The molecule has 0 bridgehead atoms. The van der Waals surface area contributed by atoms with Crippen LogP contribution in [0.1, 0.15) is 53.7 Å². The third-order valence-corrected chi connectivity index (χ3v) is 5.03. The second-order valence-electron chi connectivity index (χ2n) is 6.86. The number of hydrogen-bond donors (Lipinski definition) is 1. The number of amides is 2. The van der Waals surface area contributed by atoms with Gasteiger partial charge in [-0.3, -0.25) is 9.59 Å². The first kappa shape index (κ1) is 19.0. The highest BCUT2D eigenvalue weighted by molar-refractivity contribution is 5.99. The monoisotopic (exact) mass is 366 g/mol. The van der Waals surface area contributed by atoms with Gasteiger partial charge in [-0.05, 0) is 55.2 Å². The number of aryl methyl sites for hydroxylation is 1. The zero-order chi connectivity index (χ0) is 19.4. The van der Waals surface area contributed by atoms with E-state index < -0.39 is 0 Å². The third-order valence-electron chi connectivity index (χ3n) is 5.03. The van der Waals surface area contributed by atoms with Gasteiger partial charge in [-0.15, -0.1) is 0 Å². The van der Waals surface area contributed by atoms with Crippen molar-refractivity contribution in [3.8, 4) is 5.75 Å². The van der Waals surface area contributed by atoms with Crippen molar-refractivity contribution in [1.82, 2.24) is 5.32 Å². The maximum absolute atomic E-state index is 12.8. The van der Waals surface area contributed by atoms with Crippen LogP contribution in [-0.4, -0.2) is 25.5 Å². The molecule has 2 amide bonds. The molecule has 1 fully saturated rings. The molecular weight excluding hydrogens is 340 g/mol. The predicted octanol–water partition coefficient (Wildman–Crippen LogP) is 4.01. The average molecular weight is 366 g/mol. The van der Waals surface area contributed by atoms with Crippen LogP contribution in [0.15, 0.2) is 42.5 Å². The standard InChI is InChI=1S/C22H26N2O3/c1-4-19(16-10-11-20(27-3)15(2)13-16)23-22(26)17-7-5-8-18(14-17)24-12-6-9-21(24)25/h5,7-8,10-11,13-14,19H,4,6,9,12H2,1-3H3,(H,23,26)/t19-/m0/s1. The van der Waals surface area contributed by atoms with Gasteiger partial charge < -0.3 is 15.0 Å². The van der Waals surface area contributed by atoms with Crippen molar-refractivity contribution in [2.24, 2.45) is 0 Å². The molecule has 1 atom stereocenters. The zero-order valence-corrected chi connectivity index (χ0v) is 16.1. The van der Waals surface area contributed by atoms with E-state index >= 15 is 0 Å². The summed E-state index contributed by atoms with van der Waals surface area (Å²) in [6.45, 7) is 4.75. The van der Waals surface area contributed by atoms with Gasteiger partial charge in [-0.25, -0.2) is 0 Å². The molecule has 142 valence electrons. The van der Waals surface area contributed by atoms with Crippen LogP contribution in [0.3, 0.4) is 0 Å². The van der Waals surface area contributed by atoms with E-state index in [2.05, 4.69) is 5.32 Å². The number of methoxy groups -OCH3 is 1. The number of nitrogens with one attached hydrogen (secondary N) is 1. The Bertz CT molecular complexity index is 847. The van der Waals surface area contributed by atoms with E-state index in [0.29, 0.717) is 18.5 Å². The van der Waals surface area contributed by atoms with Gasteiger partial charge in [0.1, 0.15) is 5.75 Å². The van der Waals surface area contributed by atoms with Gasteiger partial charge in [0, 0.05) is 24.2 Å². The molecule has 2 aromatic carbocycles. The number of hydrogen-bond acceptors (Lipinski definition) is 3. The van der Waals surface area contributed by atoms with Crippen LogP contribution in [0, 0.1) is 6.92 Å². The lowest BCUT2D eigenvalue weighted by atomic mass is 10.0. The van der Waals surface area contributed by atoms with Gasteiger partial charge in [0.2, 0.25) is 5.91 Å². The Kier molecular flexibility index (Phi) is 5.79. The minimum atomic E-state index is -0.135. The van der Waals surface area contributed by atoms with Gasteiger partial charge in [-0.2, -0.15) is 0 Å². The summed E-state index contributed by atoms with van der Waals surface area (Å²) in [7, 11) is 1.65. The molecule has 0 aliphatic carbocycles. The maximum atomic E-state index is 12.8. The molecule has 0 saturated carbocycles. The van der Waals surface area contributed by atoms with Crippen LogP contribution in [-0.2, 0) is 4.79 Å². The molecule has 0 aromatic heterocycles. The van der Waals surface area contributed by atoms with Gasteiger partial charge >= 0.3 is 0 Å². The number of nitrogens with zero attached hydrogens (tertiary/aromatic N) is 1. The molecule has 0 spiro atoms. The van der Waals surface area contributed by atoms with Crippen LogP contribution in [0.4, 0.5) is 5.69 Å². The lowest BCUT2D eigenvalue weighted by Gasteiger charge is -2.20. The molecule has 5 heteroatoms. The molecule has 5 nitrogen and oxygen atoms in total. The van der Waals surface area contributed by atoms with Gasteiger partial charge in [0.15, 0.2) is 0 Å². The normalized spacial score (nSPS) is 14.9. The van der Waals surface area contributed by atoms with Crippen LogP contribution in [0.25, 0.3) is 0 Å². The minimum absolute atomic E-state index is 0.0841. The summed E-state index contributed by atoms with van der Waals surface area (Å²) < 4.78 is 5.31. The Balaban J connectivity index is 1.77. The Labute approximate surface area is 160 Å². The Morgan fingerprint density at radius 3 is 2.70 bits per heavy atom. The average Bonchev–Trinajstić information content (AvgIpc) is 3.12. The van der Waals surface area contributed by atoms with Gasteiger partial charge in [0.05, 0.1) is 13.2 Å². The zero-order valence-electron chi connectivity index (χ0n) is 16.1. The van der Waals surface area contributed by atoms with Crippen LogP contribution >= 0.6 is 0 Å². The Morgan fingerprint density at radius 2 is 2.07 bits per heavy atom. The smallest absolute Gasteiger partial charge is 0.251 e. The van der Waals surface area contributed by atoms with Crippen LogP contribution in [0.5, 0.6) is 5.75 Å². The lowest BCUT2D eigenvalue weighted by Crippen LogP contribution is -2.29. The topological polar surface area (TPSA) is 58.6 Å². The quantitative estimate of drug-likeness (QED) is 0.840. The Hall–Kier alpha value is -2.82. The molecule has 1 saturated heterocycles. The number of anilines is 1. The molecule has 1 aliphatic heterocycles. The van der Waals surface area contributed by atoms with Crippen molar-refractivity contribution in [3.05, 3.63) is 59.2 Å². The molecule has 1 aliphatic rings. The fourth-order valence-corrected chi connectivity index (χ4v) is 3.52. The van der Waals surface area contributed by atoms with E-state index in [0.717, 1.165) is 35.4 Å². The third kappa shape index (κ3) is 4.13. The number of carbonyl (C=O) groups is 2. The highest BCUT2D eigenvalue weighted by Crippen LogP contribution is 2.26. The molecular formula is C22H26N2O3. The van der Waals surface area contributed by atoms with Gasteiger partial charge in [0.25, 0.3) is 5.91 Å². The summed E-state index contributed by atoms with van der Waals surface area (Å²) in [5, 5.41) is 3.11. The highest BCUT2D eigenvalue weighted by atomic mass is 16.5. The second-order valence-corrected chi connectivity index (χ2v) is 6.86. The van der Waals surface area contributed by atoms with E-state index in [1.165, 1.54) is 0 Å². The van der Waals surface area contributed by atoms with E-state index in [1.54, 1.807) is 24.1 Å². The molecule has 2 aromatic rings.